The molecule has 0 bridgehead atoms. The molecule has 0 aliphatic carbocycles. The summed E-state index contributed by atoms with van der Waals surface area (Å²) in [5, 5.41) is 6.91. The van der Waals surface area contributed by atoms with Gasteiger partial charge in [-0.05, 0) is 48.5 Å². The number of hydrogen-bond acceptors (Lipinski definition) is 9. The van der Waals surface area contributed by atoms with Gasteiger partial charge in [-0.1, -0.05) is 29.3 Å². The molecular formula is C25H15Cl2N5O4. The largest absolute Gasteiger partial charge is 0.436 e. The molecule has 0 spiro atoms. The van der Waals surface area contributed by atoms with E-state index in [9.17, 15) is 9.59 Å². The Morgan fingerprint density at radius 1 is 0.694 bits per heavy atom. The lowest BCUT2D eigenvalue weighted by Crippen LogP contribution is -1.99. The molecule has 2 N–H and O–H groups in total. The van der Waals surface area contributed by atoms with Crippen molar-refractivity contribution in [3.8, 4) is 0 Å². The van der Waals surface area contributed by atoms with Crippen molar-refractivity contribution >= 4 is 80.8 Å². The number of aldehydes is 2. The van der Waals surface area contributed by atoms with Gasteiger partial charge in [0.25, 0.3) is 0 Å². The Morgan fingerprint density at radius 3 is 1.61 bits per heavy atom. The summed E-state index contributed by atoms with van der Waals surface area (Å²) in [5.41, 5.74) is 2.45. The highest BCUT2D eigenvalue weighted by Gasteiger charge is 2.12. The van der Waals surface area contributed by atoms with E-state index in [1.165, 1.54) is 12.4 Å². The number of allylic oxidation sites excluding steroid dienone is 2. The van der Waals surface area contributed by atoms with Crippen molar-refractivity contribution in [1.82, 2.24) is 15.0 Å². The Morgan fingerprint density at radius 2 is 1.17 bits per heavy atom. The normalized spacial score (nSPS) is 12.2. The highest BCUT2D eigenvalue weighted by Crippen LogP contribution is 2.24. The molecule has 0 fully saturated rings. The van der Waals surface area contributed by atoms with E-state index in [-0.39, 0.29) is 22.9 Å². The second kappa shape index (κ2) is 10.0. The Kier molecular flexibility index (Phi) is 6.48. The van der Waals surface area contributed by atoms with Crippen LogP contribution in [0.15, 0.2) is 75.8 Å². The molecule has 0 aliphatic rings. The molecular weight excluding hydrogens is 505 g/mol. The van der Waals surface area contributed by atoms with Gasteiger partial charge in [0.1, 0.15) is 22.7 Å². The molecule has 9 nitrogen and oxygen atoms in total. The van der Waals surface area contributed by atoms with E-state index in [1.807, 2.05) is 0 Å². The number of carbonyl (C=O) groups is 2. The molecule has 3 heterocycles. The maximum absolute atomic E-state index is 11.6. The van der Waals surface area contributed by atoms with Crippen molar-refractivity contribution in [3.63, 3.8) is 0 Å². The summed E-state index contributed by atoms with van der Waals surface area (Å²) in [5.74, 6) is 1.14. The van der Waals surface area contributed by atoms with Gasteiger partial charge in [-0.25, -0.2) is 15.0 Å². The number of nitrogens with zero attached hydrogens (tertiary/aromatic N) is 3. The lowest BCUT2D eigenvalue weighted by atomic mass is 10.3. The number of pyridine rings is 1. The molecule has 178 valence electrons. The van der Waals surface area contributed by atoms with Crippen molar-refractivity contribution in [1.29, 1.82) is 0 Å². The van der Waals surface area contributed by atoms with Gasteiger partial charge < -0.3 is 19.5 Å². The first-order chi connectivity index (χ1) is 17.5. The van der Waals surface area contributed by atoms with Crippen molar-refractivity contribution in [3.05, 3.63) is 88.8 Å². The van der Waals surface area contributed by atoms with Crippen LogP contribution in [0.5, 0.6) is 0 Å². The minimum Gasteiger partial charge on any atom is -0.436 e. The Hall–Kier alpha value is -4.47. The number of nitrogens with one attached hydrogen (secondary N) is 2. The predicted octanol–water partition coefficient (Wildman–Crippen LogP) is 5.97. The van der Waals surface area contributed by atoms with Gasteiger partial charge in [0.05, 0.1) is 11.1 Å². The summed E-state index contributed by atoms with van der Waals surface area (Å²) in [4.78, 5) is 36.3. The summed E-state index contributed by atoms with van der Waals surface area (Å²) in [6.07, 6.45) is 4.10. The number of rotatable bonds is 8. The van der Waals surface area contributed by atoms with Gasteiger partial charge in [-0.2, -0.15) is 0 Å². The fourth-order valence-corrected chi connectivity index (χ4v) is 3.57. The number of oxazole rings is 2. The molecule has 0 unspecified atom stereocenters. The summed E-state index contributed by atoms with van der Waals surface area (Å²) in [6, 6.07) is 15.1. The van der Waals surface area contributed by atoms with Crippen LogP contribution in [0.1, 0.15) is 11.8 Å². The van der Waals surface area contributed by atoms with Gasteiger partial charge in [0, 0.05) is 22.4 Å². The Bertz CT molecular complexity index is 1550. The molecule has 2 aromatic carbocycles. The molecule has 0 saturated heterocycles. The molecule has 5 aromatic rings. The van der Waals surface area contributed by atoms with Crippen LogP contribution in [0.2, 0.25) is 10.0 Å². The van der Waals surface area contributed by atoms with Crippen LogP contribution in [-0.4, -0.2) is 27.5 Å². The molecule has 0 atom stereocenters. The molecule has 0 amide bonds. The lowest BCUT2D eigenvalue weighted by Gasteiger charge is -2.05. The number of hydrogen-bond donors (Lipinski definition) is 2. The van der Waals surface area contributed by atoms with Gasteiger partial charge in [-0.3, -0.25) is 9.59 Å². The summed E-state index contributed by atoms with van der Waals surface area (Å²) in [7, 11) is 0. The maximum Gasteiger partial charge on any atom is 0.232 e. The number of aromatic nitrogens is 3. The van der Waals surface area contributed by atoms with Crippen LogP contribution in [0.25, 0.3) is 33.3 Å². The molecule has 0 radical (unpaired) electrons. The molecule has 0 aliphatic heterocycles. The van der Waals surface area contributed by atoms with E-state index < -0.39 is 0 Å². The van der Waals surface area contributed by atoms with Crippen LogP contribution >= 0.6 is 23.2 Å². The van der Waals surface area contributed by atoms with E-state index in [1.54, 1.807) is 54.6 Å². The topological polar surface area (TPSA) is 123 Å². The number of fused-ring (bicyclic) bond motifs is 2. The average Bonchev–Trinajstić information content (AvgIpc) is 3.48. The third-order valence-electron chi connectivity index (χ3n) is 4.95. The van der Waals surface area contributed by atoms with Crippen LogP contribution in [-0.2, 0) is 9.59 Å². The van der Waals surface area contributed by atoms with Crippen molar-refractivity contribution < 1.29 is 18.4 Å². The zero-order chi connectivity index (χ0) is 25.1. The average molecular weight is 520 g/mol. The standard InChI is InChI=1S/C25H15Cl2N5O4/c26-16-4-6-20-18(8-16)30-24(35-20)14(12-33)10-28-22-2-1-3-23(32-22)29-11-15(13-34)25-31-19-9-17(27)5-7-21(19)36-25/h1-13H,(H2,28,29,32). The van der Waals surface area contributed by atoms with E-state index in [4.69, 9.17) is 32.0 Å². The third kappa shape index (κ3) is 4.97. The minimum absolute atomic E-state index is 0.141. The molecule has 0 saturated carbocycles. The fourth-order valence-electron chi connectivity index (χ4n) is 3.24. The number of carbonyl (C=O) groups excluding carboxylic acids is 2. The van der Waals surface area contributed by atoms with Gasteiger partial charge in [0.2, 0.25) is 11.8 Å². The zero-order valence-corrected chi connectivity index (χ0v) is 19.7. The van der Waals surface area contributed by atoms with E-state index in [0.717, 1.165) is 0 Å². The molecule has 36 heavy (non-hydrogen) atoms. The smallest absolute Gasteiger partial charge is 0.232 e. The summed E-state index contributed by atoms with van der Waals surface area (Å²) < 4.78 is 11.3. The molecule has 5 rings (SSSR count). The van der Waals surface area contributed by atoms with Crippen LogP contribution in [0.3, 0.4) is 0 Å². The SMILES string of the molecule is O=CC(=CNc1cccc(NC=C(C=O)c2nc3cc(Cl)ccc3o2)n1)c1nc2cc(Cl)ccc2o1. The number of halogens is 2. The van der Waals surface area contributed by atoms with Crippen LogP contribution in [0, 0.1) is 0 Å². The van der Waals surface area contributed by atoms with Gasteiger partial charge >= 0.3 is 0 Å². The number of benzene rings is 2. The van der Waals surface area contributed by atoms with Crippen LogP contribution < -0.4 is 10.6 Å². The fraction of sp³-hybridized carbons (Fsp3) is 0. The predicted molar refractivity (Wildman–Crippen MR) is 138 cm³/mol. The summed E-state index contributed by atoms with van der Waals surface area (Å²) in [6.45, 7) is 0. The molecule has 3 aromatic heterocycles. The zero-order valence-electron chi connectivity index (χ0n) is 18.2. The quantitative estimate of drug-likeness (QED) is 0.188. The Labute approximate surface area is 213 Å². The van der Waals surface area contributed by atoms with Gasteiger partial charge in [0.15, 0.2) is 23.7 Å². The number of anilines is 2. The second-order valence-electron chi connectivity index (χ2n) is 7.39. The van der Waals surface area contributed by atoms with Crippen molar-refractivity contribution in [2.45, 2.75) is 0 Å². The van der Waals surface area contributed by atoms with Crippen LogP contribution in [0.4, 0.5) is 11.6 Å². The molecule has 11 heteroatoms. The van der Waals surface area contributed by atoms with Crippen molar-refractivity contribution in [2.24, 2.45) is 0 Å². The monoisotopic (exact) mass is 519 g/mol. The van der Waals surface area contributed by atoms with Gasteiger partial charge in [-0.15, -0.1) is 0 Å². The third-order valence-corrected chi connectivity index (χ3v) is 5.42. The highest BCUT2D eigenvalue weighted by molar-refractivity contribution is 6.31. The first-order valence-electron chi connectivity index (χ1n) is 10.5. The minimum atomic E-state index is 0.141. The maximum atomic E-state index is 11.6. The van der Waals surface area contributed by atoms with E-state index in [0.29, 0.717) is 56.5 Å². The first-order valence-corrected chi connectivity index (χ1v) is 11.2. The summed E-state index contributed by atoms with van der Waals surface area (Å²) >= 11 is 12.0. The lowest BCUT2D eigenvalue weighted by molar-refractivity contribution is -0.104. The Balaban J connectivity index is 1.33. The van der Waals surface area contributed by atoms with Crippen molar-refractivity contribution in [2.75, 3.05) is 10.6 Å². The van der Waals surface area contributed by atoms with E-state index >= 15 is 0 Å². The first kappa shape index (κ1) is 23.3. The van der Waals surface area contributed by atoms with E-state index in [2.05, 4.69) is 25.6 Å². The highest BCUT2D eigenvalue weighted by atomic mass is 35.5. The second-order valence-corrected chi connectivity index (χ2v) is 8.27.